The lowest BCUT2D eigenvalue weighted by molar-refractivity contribution is 0.126. The third kappa shape index (κ3) is 3.46. The molecule has 1 aromatic carbocycles. The summed E-state index contributed by atoms with van der Waals surface area (Å²) in [6, 6.07) is 4.41. The monoisotopic (exact) mass is 327 g/mol. The molecule has 0 fully saturated rings. The van der Waals surface area contributed by atoms with Crippen molar-refractivity contribution < 1.29 is 17.2 Å². The van der Waals surface area contributed by atoms with Crippen LogP contribution in [0.3, 0.4) is 0 Å². The quantitative estimate of drug-likeness (QED) is 0.852. The first-order chi connectivity index (χ1) is 7.75. The molecule has 0 spiro atoms. The summed E-state index contributed by atoms with van der Waals surface area (Å²) in [5, 5.41) is 0. The number of halogens is 3. The second-order valence-corrected chi connectivity index (χ2v) is 6.49. The number of nitrogens with zero attached hydrogens (tertiary/aromatic N) is 1. The van der Waals surface area contributed by atoms with Crippen molar-refractivity contribution in [3.8, 4) is 0 Å². The van der Waals surface area contributed by atoms with Crippen LogP contribution in [0.4, 0.5) is 8.78 Å². The van der Waals surface area contributed by atoms with Crippen molar-refractivity contribution in [3.63, 3.8) is 0 Å². The molecule has 0 aliphatic rings. The molecule has 0 aromatic heterocycles. The van der Waals surface area contributed by atoms with E-state index in [1.54, 1.807) is 13.0 Å². The van der Waals surface area contributed by atoms with Crippen LogP contribution < -0.4 is 0 Å². The largest absolute Gasteiger partial charge is 0.252 e. The second-order valence-electron chi connectivity index (χ2n) is 3.59. The van der Waals surface area contributed by atoms with Crippen molar-refractivity contribution in [2.45, 2.75) is 18.2 Å². The molecule has 0 heterocycles. The number of alkyl halides is 2. The minimum Gasteiger partial charge on any atom is -0.209 e. The van der Waals surface area contributed by atoms with Gasteiger partial charge in [-0.25, -0.2) is 17.2 Å². The van der Waals surface area contributed by atoms with E-state index in [1.165, 1.54) is 12.1 Å². The van der Waals surface area contributed by atoms with Gasteiger partial charge in [0, 0.05) is 11.5 Å². The Morgan fingerprint density at radius 3 is 2.47 bits per heavy atom. The average Bonchev–Trinajstić information content (AvgIpc) is 2.20. The smallest absolute Gasteiger partial charge is 0.209 e. The lowest BCUT2D eigenvalue weighted by Crippen LogP contribution is -2.31. The number of aryl methyl sites for hydroxylation is 1. The van der Waals surface area contributed by atoms with Gasteiger partial charge in [-0.3, -0.25) is 0 Å². The van der Waals surface area contributed by atoms with Crippen molar-refractivity contribution in [3.05, 3.63) is 28.2 Å². The van der Waals surface area contributed by atoms with Crippen LogP contribution in [0.5, 0.6) is 0 Å². The SMILES string of the molecule is Cc1cc(S(=O)(=O)N(C)CC(F)F)ccc1Br. The molecule has 0 saturated carbocycles. The van der Waals surface area contributed by atoms with Crippen LogP contribution in [-0.4, -0.2) is 32.7 Å². The normalized spacial score (nSPS) is 12.4. The molecule has 96 valence electrons. The van der Waals surface area contributed by atoms with Gasteiger partial charge in [0.05, 0.1) is 11.4 Å². The Labute approximate surface area is 108 Å². The molecule has 0 atom stereocenters. The Hall–Kier alpha value is -0.530. The van der Waals surface area contributed by atoms with Gasteiger partial charge in [-0.05, 0) is 30.7 Å². The zero-order chi connectivity index (χ0) is 13.2. The zero-order valence-electron chi connectivity index (χ0n) is 9.32. The maximum Gasteiger partial charge on any atom is 0.252 e. The lowest BCUT2D eigenvalue weighted by Gasteiger charge is -2.17. The second kappa shape index (κ2) is 5.41. The molecule has 3 nitrogen and oxygen atoms in total. The van der Waals surface area contributed by atoms with E-state index in [0.717, 1.165) is 17.1 Å². The summed E-state index contributed by atoms with van der Waals surface area (Å²) < 4.78 is 49.6. The molecule has 1 aromatic rings. The van der Waals surface area contributed by atoms with Crippen LogP contribution in [-0.2, 0) is 10.0 Å². The van der Waals surface area contributed by atoms with Crippen LogP contribution >= 0.6 is 15.9 Å². The van der Waals surface area contributed by atoms with Crippen LogP contribution in [0, 0.1) is 6.92 Å². The molecule has 7 heteroatoms. The highest BCUT2D eigenvalue weighted by Gasteiger charge is 2.23. The van der Waals surface area contributed by atoms with Crippen molar-refractivity contribution >= 4 is 26.0 Å². The van der Waals surface area contributed by atoms with Crippen molar-refractivity contribution in [2.75, 3.05) is 13.6 Å². The number of hydrogen-bond donors (Lipinski definition) is 0. The van der Waals surface area contributed by atoms with Gasteiger partial charge in [0.15, 0.2) is 0 Å². The highest BCUT2D eigenvalue weighted by molar-refractivity contribution is 9.10. The van der Waals surface area contributed by atoms with E-state index in [9.17, 15) is 17.2 Å². The fourth-order valence-corrected chi connectivity index (χ4v) is 2.73. The van der Waals surface area contributed by atoms with E-state index in [-0.39, 0.29) is 4.90 Å². The van der Waals surface area contributed by atoms with E-state index in [0.29, 0.717) is 4.31 Å². The minimum absolute atomic E-state index is 0.0151. The minimum atomic E-state index is -3.84. The number of benzene rings is 1. The Morgan fingerprint density at radius 1 is 1.41 bits per heavy atom. The Bertz CT molecular complexity index is 505. The first-order valence-corrected chi connectivity index (χ1v) is 6.99. The van der Waals surface area contributed by atoms with Gasteiger partial charge in [-0.1, -0.05) is 15.9 Å². The van der Waals surface area contributed by atoms with Crippen LogP contribution in [0.15, 0.2) is 27.6 Å². The molecule has 0 amide bonds. The maximum absolute atomic E-state index is 12.2. The molecule has 0 aliphatic carbocycles. The standard InChI is InChI=1S/C10H12BrF2NO2S/c1-7-5-8(3-4-9(7)11)17(15,16)14(2)6-10(12)13/h3-5,10H,6H2,1-2H3. The lowest BCUT2D eigenvalue weighted by atomic mass is 10.2. The van der Waals surface area contributed by atoms with E-state index < -0.39 is 23.0 Å². The van der Waals surface area contributed by atoms with Gasteiger partial charge in [0.25, 0.3) is 6.43 Å². The predicted octanol–water partition coefficient (Wildman–Crippen LogP) is 2.64. The van der Waals surface area contributed by atoms with E-state index in [1.807, 2.05) is 0 Å². The molecule has 0 radical (unpaired) electrons. The zero-order valence-corrected chi connectivity index (χ0v) is 11.7. The third-order valence-electron chi connectivity index (χ3n) is 2.23. The highest BCUT2D eigenvalue weighted by atomic mass is 79.9. The van der Waals surface area contributed by atoms with Crippen molar-refractivity contribution in [2.24, 2.45) is 0 Å². The molecule has 17 heavy (non-hydrogen) atoms. The number of sulfonamides is 1. The van der Waals surface area contributed by atoms with Crippen molar-refractivity contribution in [1.29, 1.82) is 0 Å². The summed E-state index contributed by atoms with van der Waals surface area (Å²) in [7, 11) is -2.70. The van der Waals surface area contributed by atoms with Crippen LogP contribution in [0.25, 0.3) is 0 Å². The summed E-state index contributed by atoms with van der Waals surface area (Å²) in [6.45, 7) is 0.924. The fourth-order valence-electron chi connectivity index (χ4n) is 1.25. The van der Waals surface area contributed by atoms with E-state index in [4.69, 9.17) is 0 Å². The Balaban J connectivity index is 3.09. The highest BCUT2D eigenvalue weighted by Crippen LogP contribution is 2.22. The summed E-state index contributed by atoms with van der Waals surface area (Å²) >= 11 is 3.24. The topological polar surface area (TPSA) is 37.4 Å². The van der Waals surface area contributed by atoms with E-state index in [2.05, 4.69) is 15.9 Å². The van der Waals surface area contributed by atoms with Crippen LogP contribution in [0.1, 0.15) is 5.56 Å². The summed E-state index contributed by atoms with van der Waals surface area (Å²) in [5.41, 5.74) is 0.733. The van der Waals surface area contributed by atoms with Gasteiger partial charge in [-0.15, -0.1) is 0 Å². The summed E-state index contributed by atoms with van der Waals surface area (Å²) in [4.78, 5) is 0.0151. The van der Waals surface area contributed by atoms with Crippen LogP contribution in [0.2, 0.25) is 0 Å². The summed E-state index contributed by atoms with van der Waals surface area (Å²) in [6.07, 6.45) is -2.69. The van der Waals surface area contributed by atoms with Gasteiger partial charge in [0.1, 0.15) is 0 Å². The Morgan fingerprint density at radius 2 is 2.00 bits per heavy atom. The molecular formula is C10H12BrF2NO2S. The molecular weight excluding hydrogens is 316 g/mol. The molecule has 1 rings (SSSR count). The summed E-state index contributed by atoms with van der Waals surface area (Å²) in [5.74, 6) is 0. The molecule has 0 aliphatic heterocycles. The Kier molecular flexibility index (Phi) is 4.62. The fraction of sp³-hybridized carbons (Fsp3) is 0.400. The average molecular weight is 328 g/mol. The maximum atomic E-state index is 12.2. The first-order valence-electron chi connectivity index (χ1n) is 4.76. The van der Waals surface area contributed by atoms with Gasteiger partial charge in [0.2, 0.25) is 10.0 Å². The molecule has 0 saturated heterocycles. The first kappa shape index (κ1) is 14.5. The van der Waals surface area contributed by atoms with Gasteiger partial charge >= 0.3 is 0 Å². The van der Waals surface area contributed by atoms with Gasteiger partial charge < -0.3 is 0 Å². The molecule has 0 N–H and O–H groups in total. The third-order valence-corrected chi connectivity index (χ3v) is 4.94. The molecule has 0 bridgehead atoms. The predicted molar refractivity (Wildman–Crippen MR) is 64.7 cm³/mol. The van der Waals surface area contributed by atoms with Gasteiger partial charge in [-0.2, -0.15) is 4.31 Å². The number of hydrogen-bond acceptors (Lipinski definition) is 2. The van der Waals surface area contributed by atoms with E-state index >= 15 is 0 Å². The number of rotatable bonds is 4. The molecule has 0 unspecified atom stereocenters. The van der Waals surface area contributed by atoms with Crippen molar-refractivity contribution in [1.82, 2.24) is 4.31 Å².